The first-order chi connectivity index (χ1) is 8.90. The van der Waals surface area contributed by atoms with E-state index in [-0.39, 0.29) is 19.6 Å². The number of aliphatic hydroxyl groups is 1. The molecule has 0 fully saturated rings. The van der Waals surface area contributed by atoms with Crippen molar-refractivity contribution in [1.82, 2.24) is 4.72 Å². The van der Waals surface area contributed by atoms with Crippen LogP contribution in [0.25, 0.3) is 0 Å². The molecule has 0 saturated carbocycles. The van der Waals surface area contributed by atoms with Gasteiger partial charge in [0.05, 0.1) is 6.61 Å². The second-order valence-corrected chi connectivity index (χ2v) is 5.90. The molecule has 0 radical (unpaired) electrons. The van der Waals surface area contributed by atoms with Crippen LogP contribution in [-0.4, -0.2) is 39.9 Å². The van der Waals surface area contributed by atoms with Crippen molar-refractivity contribution in [2.75, 3.05) is 20.3 Å². The van der Waals surface area contributed by atoms with Gasteiger partial charge in [0.1, 0.15) is 10.7 Å². The van der Waals surface area contributed by atoms with Gasteiger partial charge in [0.15, 0.2) is 0 Å². The molecule has 19 heavy (non-hydrogen) atoms. The van der Waals surface area contributed by atoms with Crippen LogP contribution in [0.2, 0.25) is 0 Å². The molecule has 0 amide bonds. The van der Waals surface area contributed by atoms with Crippen molar-refractivity contribution in [2.45, 2.75) is 24.3 Å². The molecule has 5 nitrogen and oxygen atoms in total. The smallest absolute Gasteiger partial charge is 0.243 e. The summed E-state index contributed by atoms with van der Waals surface area (Å²) in [6.45, 7) is 1.60. The molecule has 0 bridgehead atoms. The maximum absolute atomic E-state index is 13.6. The SMILES string of the molecule is COCC(CCO)NS(=O)(=O)c1cc(C)ccc1F. The molecule has 7 heteroatoms. The number of ether oxygens (including phenoxy) is 1. The number of hydrogen-bond donors (Lipinski definition) is 2. The number of nitrogens with one attached hydrogen (secondary N) is 1. The van der Waals surface area contributed by atoms with Gasteiger partial charge in [0, 0.05) is 19.8 Å². The molecule has 0 heterocycles. The van der Waals surface area contributed by atoms with E-state index in [1.54, 1.807) is 6.92 Å². The van der Waals surface area contributed by atoms with E-state index >= 15 is 0 Å². The summed E-state index contributed by atoms with van der Waals surface area (Å²) < 4.78 is 44.9. The van der Waals surface area contributed by atoms with Gasteiger partial charge in [0.25, 0.3) is 0 Å². The largest absolute Gasteiger partial charge is 0.396 e. The van der Waals surface area contributed by atoms with Gasteiger partial charge in [-0.15, -0.1) is 0 Å². The van der Waals surface area contributed by atoms with Gasteiger partial charge in [-0.1, -0.05) is 6.07 Å². The van der Waals surface area contributed by atoms with Gasteiger partial charge in [-0.2, -0.15) is 0 Å². The lowest BCUT2D eigenvalue weighted by Gasteiger charge is -2.17. The van der Waals surface area contributed by atoms with E-state index in [1.807, 2.05) is 0 Å². The Morgan fingerprint density at radius 3 is 2.74 bits per heavy atom. The molecule has 0 aliphatic heterocycles. The highest BCUT2D eigenvalue weighted by atomic mass is 32.2. The van der Waals surface area contributed by atoms with Gasteiger partial charge in [0.2, 0.25) is 10.0 Å². The molecule has 0 aromatic heterocycles. The van der Waals surface area contributed by atoms with Gasteiger partial charge >= 0.3 is 0 Å². The lowest BCUT2D eigenvalue weighted by molar-refractivity contribution is 0.158. The van der Waals surface area contributed by atoms with E-state index in [9.17, 15) is 12.8 Å². The first kappa shape index (κ1) is 16.0. The zero-order valence-corrected chi connectivity index (χ0v) is 11.7. The van der Waals surface area contributed by atoms with E-state index in [2.05, 4.69) is 4.72 Å². The number of methoxy groups -OCH3 is 1. The molecule has 1 rings (SSSR count). The Labute approximate surface area is 112 Å². The zero-order valence-electron chi connectivity index (χ0n) is 10.9. The van der Waals surface area contributed by atoms with E-state index in [0.717, 1.165) is 6.07 Å². The number of rotatable bonds is 7. The van der Waals surface area contributed by atoms with Crippen LogP contribution in [0.1, 0.15) is 12.0 Å². The van der Waals surface area contributed by atoms with Crippen molar-refractivity contribution in [2.24, 2.45) is 0 Å². The van der Waals surface area contributed by atoms with Crippen molar-refractivity contribution in [3.63, 3.8) is 0 Å². The predicted octanol–water partition coefficient (Wildman–Crippen LogP) is 0.810. The van der Waals surface area contributed by atoms with Crippen LogP contribution in [0, 0.1) is 12.7 Å². The van der Waals surface area contributed by atoms with Crippen LogP contribution in [0.4, 0.5) is 4.39 Å². The topological polar surface area (TPSA) is 75.6 Å². The molecule has 0 saturated heterocycles. The lowest BCUT2D eigenvalue weighted by Crippen LogP contribution is -2.39. The second kappa shape index (κ2) is 6.95. The summed E-state index contributed by atoms with van der Waals surface area (Å²) >= 11 is 0. The third kappa shape index (κ3) is 4.54. The summed E-state index contributed by atoms with van der Waals surface area (Å²) in [4.78, 5) is -0.397. The fraction of sp³-hybridized carbons (Fsp3) is 0.500. The summed E-state index contributed by atoms with van der Waals surface area (Å²) in [5.74, 6) is -0.807. The highest BCUT2D eigenvalue weighted by molar-refractivity contribution is 7.89. The molecule has 2 N–H and O–H groups in total. The molecule has 1 atom stereocenters. The summed E-state index contributed by atoms with van der Waals surface area (Å²) in [5, 5.41) is 8.86. The minimum Gasteiger partial charge on any atom is -0.396 e. The van der Waals surface area contributed by atoms with E-state index < -0.39 is 26.8 Å². The van der Waals surface area contributed by atoms with Crippen molar-refractivity contribution >= 4 is 10.0 Å². The first-order valence-electron chi connectivity index (χ1n) is 5.79. The predicted molar refractivity (Wildman–Crippen MR) is 68.8 cm³/mol. The Morgan fingerprint density at radius 1 is 1.47 bits per heavy atom. The minimum absolute atomic E-state index is 0.104. The molecule has 0 aliphatic carbocycles. The molecular formula is C12H18FNO4S. The normalized spacial score (nSPS) is 13.5. The third-order valence-electron chi connectivity index (χ3n) is 2.54. The fourth-order valence-corrected chi connectivity index (χ4v) is 3.05. The second-order valence-electron chi connectivity index (χ2n) is 4.22. The maximum atomic E-state index is 13.6. The number of aliphatic hydroxyl groups excluding tert-OH is 1. The molecular weight excluding hydrogens is 273 g/mol. The van der Waals surface area contributed by atoms with Crippen molar-refractivity contribution in [3.8, 4) is 0 Å². The molecule has 1 aromatic carbocycles. The minimum atomic E-state index is -3.97. The molecule has 108 valence electrons. The Bertz CT molecular complexity index is 512. The van der Waals surface area contributed by atoms with E-state index in [4.69, 9.17) is 9.84 Å². The molecule has 0 aliphatic rings. The average molecular weight is 291 g/mol. The standard InChI is InChI=1S/C12H18FNO4S/c1-9-3-4-11(13)12(7-9)19(16,17)14-10(5-6-15)8-18-2/h3-4,7,10,14-15H,5-6,8H2,1-2H3. The number of benzene rings is 1. The monoisotopic (exact) mass is 291 g/mol. The number of aryl methyl sites for hydroxylation is 1. The third-order valence-corrected chi connectivity index (χ3v) is 4.08. The van der Waals surface area contributed by atoms with Crippen molar-refractivity contribution in [1.29, 1.82) is 0 Å². The molecule has 0 spiro atoms. The van der Waals surface area contributed by atoms with Crippen molar-refractivity contribution < 1.29 is 22.7 Å². The summed E-state index contributed by atoms with van der Waals surface area (Å²) in [5.41, 5.74) is 0.646. The lowest BCUT2D eigenvalue weighted by atomic mass is 10.2. The molecule has 1 aromatic rings. The quantitative estimate of drug-likeness (QED) is 0.779. The van der Waals surface area contributed by atoms with Crippen LogP contribution >= 0.6 is 0 Å². The van der Waals surface area contributed by atoms with Gasteiger partial charge in [-0.25, -0.2) is 17.5 Å². The first-order valence-corrected chi connectivity index (χ1v) is 7.27. The van der Waals surface area contributed by atoms with Crippen LogP contribution in [0.5, 0.6) is 0 Å². The summed E-state index contributed by atoms with van der Waals surface area (Å²) in [7, 11) is -2.55. The van der Waals surface area contributed by atoms with Gasteiger partial charge in [-0.05, 0) is 31.0 Å². The van der Waals surface area contributed by atoms with E-state index in [0.29, 0.717) is 5.56 Å². The van der Waals surface area contributed by atoms with E-state index in [1.165, 1.54) is 19.2 Å². The number of hydrogen-bond acceptors (Lipinski definition) is 4. The Balaban J connectivity index is 2.99. The zero-order chi connectivity index (χ0) is 14.5. The Kier molecular flexibility index (Phi) is 5.86. The van der Waals surface area contributed by atoms with Crippen LogP contribution in [0.3, 0.4) is 0 Å². The van der Waals surface area contributed by atoms with Crippen LogP contribution < -0.4 is 4.72 Å². The summed E-state index contributed by atoms with van der Waals surface area (Å²) in [6.07, 6.45) is 0.195. The Hall–Kier alpha value is -1.02. The van der Waals surface area contributed by atoms with Crippen molar-refractivity contribution in [3.05, 3.63) is 29.6 Å². The van der Waals surface area contributed by atoms with Gasteiger partial charge < -0.3 is 9.84 Å². The van der Waals surface area contributed by atoms with Gasteiger partial charge in [-0.3, -0.25) is 0 Å². The maximum Gasteiger partial charge on any atom is 0.243 e. The average Bonchev–Trinajstić information content (AvgIpc) is 2.32. The molecule has 1 unspecified atom stereocenters. The summed E-state index contributed by atoms with van der Waals surface area (Å²) in [6, 6.07) is 3.27. The van der Waals surface area contributed by atoms with Crippen LogP contribution in [-0.2, 0) is 14.8 Å². The van der Waals surface area contributed by atoms with Crippen LogP contribution in [0.15, 0.2) is 23.1 Å². The number of halogens is 1. The highest BCUT2D eigenvalue weighted by Crippen LogP contribution is 2.16. The fourth-order valence-electron chi connectivity index (χ4n) is 1.63. The highest BCUT2D eigenvalue weighted by Gasteiger charge is 2.23. The Morgan fingerprint density at radius 2 is 2.16 bits per heavy atom. The number of sulfonamides is 1.